The Kier molecular flexibility index (Phi) is 12.0. The second-order valence-corrected chi connectivity index (χ2v) is 4.60. The first-order valence-electron chi connectivity index (χ1n) is 7.79. The fraction of sp³-hybridized carbons (Fsp3) is 0.0870. The molecule has 0 aromatic rings. The Labute approximate surface area is 147 Å². The van der Waals surface area contributed by atoms with Crippen LogP contribution in [-0.4, -0.2) is 5.71 Å². The molecular weight excluding hydrogens is 290 g/mol. The van der Waals surface area contributed by atoms with E-state index in [4.69, 9.17) is 0 Å². The highest BCUT2D eigenvalue weighted by Gasteiger charge is 1.99. The molecule has 0 N–H and O–H groups in total. The van der Waals surface area contributed by atoms with Gasteiger partial charge in [-0.25, -0.2) is 0 Å². The Bertz CT molecular complexity index is 656. The summed E-state index contributed by atoms with van der Waals surface area (Å²) in [5.74, 6) is 0. The Morgan fingerprint density at radius 2 is 1.38 bits per heavy atom. The average molecular weight is 317 g/mol. The van der Waals surface area contributed by atoms with Crippen LogP contribution in [0.3, 0.4) is 0 Å². The average Bonchev–Trinajstić information content (AvgIpc) is 2.61. The highest BCUT2D eigenvalue weighted by atomic mass is 14.7. The highest BCUT2D eigenvalue weighted by Crippen LogP contribution is 2.14. The van der Waals surface area contributed by atoms with Gasteiger partial charge in [0.05, 0.1) is 5.71 Å². The predicted octanol–water partition coefficient (Wildman–Crippen LogP) is 6.62. The van der Waals surface area contributed by atoms with Crippen molar-refractivity contribution in [3.05, 3.63) is 122 Å². The van der Waals surface area contributed by atoms with Crippen LogP contribution in [-0.2, 0) is 0 Å². The molecule has 0 atom stereocenters. The van der Waals surface area contributed by atoms with Gasteiger partial charge in [-0.2, -0.15) is 0 Å². The van der Waals surface area contributed by atoms with Crippen molar-refractivity contribution in [2.75, 3.05) is 0 Å². The fourth-order valence-electron chi connectivity index (χ4n) is 1.75. The molecule has 0 aromatic carbocycles. The normalized spacial score (nSPS) is 14.6. The van der Waals surface area contributed by atoms with Gasteiger partial charge in [-0.05, 0) is 36.6 Å². The molecule has 0 saturated heterocycles. The van der Waals surface area contributed by atoms with Gasteiger partial charge in [0.1, 0.15) is 0 Å². The van der Waals surface area contributed by atoms with E-state index in [1.165, 1.54) is 0 Å². The maximum absolute atomic E-state index is 4.56. The molecule has 0 bridgehead atoms. The van der Waals surface area contributed by atoms with Crippen LogP contribution in [0, 0.1) is 0 Å². The maximum atomic E-state index is 4.56. The van der Waals surface area contributed by atoms with Gasteiger partial charge in [-0.1, -0.05) is 93.2 Å². The standard InChI is InChI=1S/C23H27N/c1-7-13-15-18-20(10-4)21(11-5)19-24-23(12-6)22(16-9-3)17-14-8-2/h7-19H,1,4-6H2,2-3H3/b14-8-,15-13-,16-9-,20-18+,21-19+,22-17+,24-23+. The van der Waals surface area contributed by atoms with Crippen molar-refractivity contribution in [1.82, 2.24) is 0 Å². The van der Waals surface area contributed by atoms with Crippen molar-refractivity contribution in [2.45, 2.75) is 13.8 Å². The zero-order valence-electron chi connectivity index (χ0n) is 14.8. The SMILES string of the molecule is C=C\C=C/C=C(C=C)/C(C=C)=C/N=C(\C=C)C(=C/C=C\C)/C=C\C. The highest BCUT2D eigenvalue weighted by molar-refractivity contribution is 6.10. The molecule has 24 heavy (non-hydrogen) atoms. The van der Waals surface area contributed by atoms with Gasteiger partial charge in [0, 0.05) is 6.20 Å². The summed E-state index contributed by atoms with van der Waals surface area (Å²) < 4.78 is 0. The van der Waals surface area contributed by atoms with E-state index in [0.29, 0.717) is 0 Å². The van der Waals surface area contributed by atoms with Crippen molar-refractivity contribution in [1.29, 1.82) is 0 Å². The lowest BCUT2D eigenvalue weighted by Gasteiger charge is -2.03. The van der Waals surface area contributed by atoms with Gasteiger partial charge in [-0.15, -0.1) is 0 Å². The third-order valence-corrected chi connectivity index (χ3v) is 2.94. The predicted molar refractivity (Wildman–Crippen MR) is 111 cm³/mol. The summed E-state index contributed by atoms with van der Waals surface area (Å²) >= 11 is 0. The van der Waals surface area contributed by atoms with Crippen LogP contribution in [0.4, 0.5) is 0 Å². The van der Waals surface area contributed by atoms with Gasteiger partial charge in [0.25, 0.3) is 0 Å². The second-order valence-electron chi connectivity index (χ2n) is 4.60. The molecule has 0 heterocycles. The molecule has 0 radical (unpaired) electrons. The molecule has 0 saturated carbocycles. The lowest BCUT2D eigenvalue weighted by Crippen LogP contribution is -1.96. The molecule has 0 aliphatic carbocycles. The molecule has 1 nitrogen and oxygen atoms in total. The molecule has 0 amide bonds. The van der Waals surface area contributed by atoms with Gasteiger partial charge >= 0.3 is 0 Å². The lowest BCUT2D eigenvalue weighted by molar-refractivity contribution is 1.44. The van der Waals surface area contributed by atoms with Crippen LogP contribution >= 0.6 is 0 Å². The van der Waals surface area contributed by atoms with E-state index in [9.17, 15) is 0 Å². The summed E-state index contributed by atoms with van der Waals surface area (Å²) in [5.41, 5.74) is 3.58. The van der Waals surface area contributed by atoms with E-state index in [-0.39, 0.29) is 0 Å². The van der Waals surface area contributed by atoms with Crippen LogP contribution in [0.1, 0.15) is 13.8 Å². The van der Waals surface area contributed by atoms with Crippen LogP contribution in [0.25, 0.3) is 0 Å². The number of aliphatic imine (C=N–C) groups is 1. The van der Waals surface area contributed by atoms with Crippen molar-refractivity contribution in [3.8, 4) is 0 Å². The first kappa shape index (κ1) is 21.1. The Balaban J connectivity index is 5.89. The molecular formula is C23H27N. The number of rotatable bonds is 10. The van der Waals surface area contributed by atoms with Crippen molar-refractivity contribution >= 4 is 5.71 Å². The number of hydrogen-bond acceptors (Lipinski definition) is 1. The van der Waals surface area contributed by atoms with E-state index < -0.39 is 0 Å². The van der Waals surface area contributed by atoms with Gasteiger partial charge in [-0.3, -0.25) is 4.99 Å². The van der Waals surface area contributed by atoms with Crippen LogP contribution in [0.2, 0.25) is 0 Å². The van der Waals surface area contributed by atoms with Gasteiger partial charge in [0.2, 0.25) is 0 Å². The topological polar surface area (TPSA) is 12.4 Å². The molecule has 1 heteroatoms. The quantitative estimate of drug-likeness (QED) is 0.317. The van der Waals surface area contributed by atoms with E-state index in [0.717, 1.165) is 22.4 Å². The zero-order chi connectivity index (χ0) is 18.2. The maximum Gasteiger partial charge on any atom is 0.0696 e. The summed E-state index contributed by atoms with van der Waals surface area (Å²) in [7, 11) is 0. The zero-order valence-corrected chi connectivity index (χ0v) is 14.8. The van der Waals surface area contributed by atoms with Crippen molar-refractivity contribution in [2.24, 2.45) is 4.99 Å². The van der Waals surface area contributed by atoms with E-state index in [1.54, 1.807) is 30.5 Å². The first-order valence-corrected chi connectivity index (χ1v) is 7.79. The largest absolute Gasteiger partial charge is 0.256 e. The molecule has 0 rings (SSSR count). The minimum Gasteiger partial charge on any atom is -0.256 e. The third-order valence-electron chi connectivity index (χ3n) is 2.94. The second kappa shape index (κ2) is 13.7. The summed E-state index contributed by atoms with van der Waals surface area (Å²) in [6.45, 7) is 19.2. The van der Waals surface area contributed by atoms with Gasteiger partial charge < -0.3 is 0 Å². The third kappa shape index (κ3) is 7.90. The summed E-state index contributed by atoms with van der Waals surface area (Å²) in [5, 5.41) is 0. The van der Waals surface area contributed by atoms with Crippen molar-refractivity contribution in [3.63, 3.8) is 0 Å². The molecule has 0 fully saturated rings. The van der Waals surface area contributed by atoms with Crippen molar-refractivity contribution < 1.29 is 0 Å². The minimum atomic E-state index is 0.788. The molecule has 0 aliphatic rings. The number of hydrogen-bond donors (Lipinski definition) is 0. The molecule has 0 spiro atoms. The van der Waals surface area contributed by atoms with E-state index in [2.05, 4.69) is 31.3 Å². The number of allylic oxidation sites excluding steroid dienone is 15. The Morgan fingerprint density at radius 1 is 0.708 bits per heavy atom. The summed E-state index contributed by atoms with van der Waals surface area (Å²) in [6.07, 6.45) is 24.4. The van der Waals surface area contributed by atoms with Crippen LogP contribution in [0.5, 0.6) is 0 Å². The monoisotopic (exact) mass is 317 g/mol. The van der Waals surface area contributed by atoms with Gasteiger partial charge in [0.15, 0.2) is 0 Å². The molecule has 0 aromatic heterocycles. The Morgan fingerprint density at radius 3 is 1.88 bits per heavy atom. The summed E-state index contributed by atoms with van der Waals surface area (Å²) in [4.78, 5) is 4.56. The minimum absolute atomic E-state index is 0.788. The van der Waals surface area contributed by atoms with E-state index in [1.807, 2.05) is 62.5 Å². The number of nitrogens with zero attached hydrogens (tertiary/aromatic N) is 1. The van der Waals surface area contributed by atoms with E-state index >= 15 is 0 Å². The summed E-state index contributed by atoms with van der Waals surface area (Å²) in [6, 6.07) is 0. The Hall–Kier alpha value is -2.93. The molecule has 124 valence electrons. The fourth-order valence-corrected chi connectivity index (χ4v) is 1.75. The van der Waals surface area contributed by atoms with Crippen LogP contribution < -0.4 is 0 Å². The molecule has 0 unspecified atom stereocenters. The lowest BCUT2D eigenvalue weighted by atomic mass is 10.1. The smallest absolute Gasteiger partial charge is 0.0696 e. The molecule has 0 aliphatic heterocycles. The first-order chi connectivity index (χ1) is 11.7. The van der Waals surface area contributed by atoms with Crippen LogP contribution in [0.15, 0.2) is 127 Å².